The molecule has 0 unspecified atom stereocenters. The fraction of sp³-hybridized carbons (Fsp3) is 0.211. The summed E-state index contributed by atoms with van der Waals surface area (Å²) in [5, 5.41) is 9.63. The summed E-state index contributed by atoms with van der Waals surface area (Å²) in [6.45, 7) is 1.94. The molecule has 0 saturated heterocycles. The van der Waals surface area contributed by atoms with Crippen molar-refractivity contribution in [2.24, 2.45) is 0 Å². The van der Waals surface area contributed by atoms with Crippen LogP contribution >= 0.6 is 34.3 Å². The van der Waals surface area contributed by atoms with Crippen molar-refractivity contribution in [3.8, 4) is 0 Å². The molecule has 2 amide bonds. The van der Waals surface area contributed by atoms with E-state index in [4.69, 9.17) is 11.6 Å². The maximum atomic E-state index is 12.8. The largest absolute Gasteiger partial charge is 0.347 e. The number of anilines is 1. The Morgan fingerprint density at radius 3 is 2.79 bits per heavy atom. The van der Waals surface area contributed by atoms with E-state index in [0.717, 1.165) is 35.6 Å². The van der Waals surface area contributed by atoms with Crippen molar-refractivity contribution in [3.05, 3.63) is 67.3 Å². The van der Waals surface area contributed by atoms with Crippen molar-refractivity contribution < 1.29 is 9.59 Å². The Morgan fingerprint density at radius 2 is 2.00 bits per heavy atom. The summed E-state index contributed by atoms with van der Waals surface area (Å²) < 4.78 is 0.561. The number of rotatable bonds is 5. The lowest BCUT2D eigenvalue weighted by Gasteiger charge is -2.10. The zero-order valence-corrected chi connectivity index (χ0v) is 17.1. The molecular formula is C19H17ClN4O2S2. The first-order valence-electron chi connectivity index (χ1n) is 8.72. The Hall–Kier alpha value is -2.26. The van der Waals surface area contributed by atoms with Gasteiger partial charge in [0.1, 0.15) is 0 Å². The van der Waals surface area contributed by atoms with Gasteiger partial charge in [-0.15, -0.1) is 22.7 Å². The van der Waals surface area contributed by atoms with Crippen LogP contribution < -0.4 is 16.0 Å². The molecule has 2 aromatic heterocycles. The molecule has 1 aliphatic heterocycles. The number of thiazole rings is 1. The zero-order chi connectivity index (χ0) is 19.5. The van der Waals surface area contributed by atoms with Crippen molar-refractivity contribution in [1.82, 2.24) is 15.6 Å². The van der Waals surface area contributed by atoms with Gasteiger partial charge in [0.25, 0.3) is 11.8 Å². The number of hydrogen-bond donors (Lipinski definition) is 3. The highest BCUT2D eigenvalue weighted by molar-refractivity contribution is 7.18. The smallest absolute Gasteiger partial charge is 0.261 e. The minimum Gasteiger partial charge on any atom is -0.347 e. The summed E-state index contributed by atoms with van der Waals surface area (Å²) in [6.07, 6.45) is 0.872. The van der Waals surface area contributed by atoms with Crippen LogP contribution in [0.5, 0.6) is 0 Å². The van der Waals surface area contributed by atoms with E-state index in [2.05, 4.69) is 20.9 Å². The summed E-state index contributed by atoms with van der Waals surface area (Å²) in [7, 11) is 0. The molecule has 0 fully saturated rings. The first kappa shape index (κ1) is 19.1. The quantitative estimate of drug-likeness (QED) is 0.574. The van der Waals surface area contributed by atoms with Gasteiger partial charge in [0, 0.05) is 36.5 Å². The highest BCUT2D eigenvalue weighted by Crippen LogP contribution is 2.26. The second kappa shape index (κ2) is 8.40. The lowest BCUT2D eigenvalue weighted by Crippen LogP contribution is -2.24. The first-order chi connectivity index (χ1) is 13.6. The minimum atomic E-state index is -0.233. The maximum absolute atomic E-state index is 12.8. The number of amides is 2. The Morgan fingerprint density at radius 1 is 1.14 bits per heavy atom. The number of carbonyl (C=O) groups is 2. The first-order valence-corrected chi connectivity index (χ1v) is 10.7. The number of aromatic nitrogens is 1. The third kappa shape index (κ3) is 4.25. The second-order valence-corrected chi connectivity index (χ2v) is 9.01. The Bertz CT molecular complexity index is 1010. The zero-order valence-electron chi connectivity index (χ0n) is 14.8. The highest BCUT2D eigenvalue weighted by atomic mass is 35.5. The van der Waals surface area contributed by atoms with Crippen LogP contribution in [0.4, 0.5) is 5.13 Å². The molecule has 3 N–H and O–H groups in total. The van der Waals surface area contributed by atoms with Gasteiger partial charge in [-0.1, -0.05) is 29.8 Å². The molecular weight excluding hydrogens is 416 g/mol. The number of fused-ring (bicyclic) bond motifs is 1. The standard InChI is InChI=1S/C19H17ClN4O2S2/c20-16-6-5-14(27-16)18(26)22-9-11-3-1-2-4-12(11)17(25)24-19-23-13-7-8-21-10-15(13)28-19/h1-6,21H,7-10H2,(H,22,26)(H,23,24,25). The number of hydrogen-bond acceptors (Lipinski definition) is 6. The molecule has 9 heteroatoms. The van der Waals surface area contributed by atoms with Crippen LogP contribution in [0.3, 0.4) is 0 Å². The fourth-order valence-corrected chi connectivity index (χ4v) is 4.87. The predicted octanol–water partition coefficient (Wildman–Crippen LogP) is 3.69. The Labute approximate surface area is 175 Å². The molecule has 6 nitrogen and oxygen atoms in total. The summed E-state index contributed by atoms with van der Waals surface area (Å²) in [4.78, 5) is 31.2. The molecule has 0 radical (unpaired) electrons. The Kier molecular flexibility index (Phi) is 5.72. The van der Waals surface area contributed by atoms with Gasteiger partial charge in [-0.25, -0.2) is 4.98 Å². The van der Waals surface area contributed by atoms with E-state index in [1.165, 1.54) is 22.7 Å². The topological polar surface area (TPSA) is 83.1 Å². The van der Waals surface area contributed by atoms with Crippen LogP contribution in [-0.4, -0.2) is 23.3 Å². The Balaban J connectivity index is 1.45. The number of halogens is 1. The molecule has 3 aromatic rings. The molecule has 28 heavy (non-hydrogen) atoms. The predicted molar refractivity (Wildman–Crippen MR) is 112 cm³/mol. The van der Waals surface area contributed by atoms with E-state index in [9.17, 15) is 9.59 Å². The van der Waals surface area contributed by atoms with Crippen molar-refractivity contribution in [2.45, 2.75) is 19.5 Å². The molecule has 1 aromatic carbocycles. The fourth-order valence-electron chi connectivity index (χ4n) is 2.94. The van der Waals surface area contributed by atoms with E-state index in [1.807, 2.05) is 12.1 Å². The molecule has 3 heterocycles. The number of carbonyl (C=O) groups excluding carboxylic acids is 2. The van der Waals surface area contributed by atoms with E-state index in [-0.39, 0.29) is 18.4 Å². The van der Waals surface area contributed by atoms with Gasteiger partial charge >= 0.3 is 0 Å². The van der Waals surface area contributed by atoms with E-state index < -0.39 is 0 Å². The monoisotopic (exact) mass is 432 g/mol. The SMILES string of the molecule is O=C(NCc1ccccc1C(=O)Nc1nc2c(s1)CNCC2)c1ccc(Cl)s1. The van der Waals surface area contributed by atoms with Crippen LogP contribution in [0.2, 0.25) is 4.34 Å². The van der Waals surface area contributed by atoms with Crippen molar-refractivity contribution >= 4 is 51.2 Å². The lowest BCUT2D eigenvalue weighted by molar-refractivity contribution is 0.0951. The third-order valence-corrected chi connectivity index (χ3v) is 6.56. The van der Waals surface area contributed by atoms with Gasteiger partial charge in [0.2, 0.25) is 0 Å². The number of benzene rings is 1. The van der Waals surface area contributed by atoms with E-state index >= 15 is 0 Å². The minimum absolute atomic E-state index is 0.216. The van der Waals surface area contributed by atoms with Crippen LogP contribution in [0.15, 0.2) is 36.4 Å². The van der Waals surface area contributed by atoms with Crippen LogP contribution in [-0.2, 0) is 19.5 Å². The second-order valence-electron chi connectivity index (χ2n) is 6.21. The number of thiophene rings is 1. The van der Waals surface area contributed by atoms with Crippen LogP contribution in [0.25, 0.3) is 0 Å². The van der Waals surface area contributed by atoms with Crippen LogP contribution in [0.1, 0.15) is 36.2 Å². The molecule has 0 bridgehead atoms. The van der Waals surface area contributed by atoms with Gasteiger partial charge in [0.15, 0.2) is 5.13 Å². The van der Waals surface area contributed by atoms with Gasteiger partial charge in [-0.3, -0.25) is 14.9 Å². The van der Waals surface area contributed by atoms with Crippen molar-refractivity contribution in [2.75, 3.05) is 11.9 Å². The molecule has 0 spiro atoms. The van der Waals surface area contributed by atoms with Gasteiger partial charge in [-0.2, -0.15) is 0 Å². The maximum Gasteiger partial charge on any atom is 0.261 e. The van der Waals surface area contributed by atoms with E-state index in [1.54, 1.807) is 24.3 Å². The summed E-state index contributed by atoms with van der Waals surface area (Å²) >= 11 is 8.59. The molecule has 144 valence electrons. The number of nitrogens with one attached hydrogen (secondary N) is 3. The average molecular weight is 433 g/mol. The van der Waals surface area contributed by atoms with Gasteiger partial charge in [-0.05, 0) is 23.8 Å². The van der Waals surface area contributed by atoms with E-state index in [0.29, 0.717) is 19.9 Å². The van der Waals surface area contributed by atoms with Crippen molar-refractivity contribution in [3.63, 3.8) is 0 Å². The normalized spacial score (nSPS) is 13.0. The molecule has 1 aliphatic rings. The van der Waals surface area contributed by atoms with Crippen molar-refractivity contribution in [1.29, 1.82) is 0 Å². The third-order valence-electron chi connectivity index (χ3n) is 4.32. The molecule has 4 rings (SSSR count). The molecule has 0 aliphatic carbocycles. The molecule has 0 atom stereocenters. The lowest BCUT2D eigenvalue weighted by atomic mass is 10.1. The highest BCUT2D eigenvalue weighted by Gasteiger charge is 2.18. The van der Waals surface area contributed by atoms with Crippen LogP contribution in [0, 0.1) is 0 Å². The summed E-state index contributed by atoms with van der Waals surface area (Å²) in [5.41, 5.74) is 2.30. The molecule has 0 saturated carbocycles. The number of nitrogens with zero attached hydrogens (tertiary/aromatic N) is 1. The average Bonchev–Trinajstić information content (AvgIpc) is 3.31. The summed E-state index contributed by atoms with van der Waals surface area (Å²) in [5.74, 6) is -0.449. The van der Waals surface area contributed by atoms with Gasteiger partial charge in [0.05, 0.1) is 14.9 Å². The summed E-state index contributed by atoms with van der Waals surface area (Å²) in [6, 6.07) is 10.6. The van der Waals surface area contributed by atoms with Gasteiger partial charge < -0.3 is 10.6 Å².